The highest BCUT2D eigenvalue weighted by atomic mass is 19.1. The van der Waals surface area contributed by atoms with Gasteiger partial charge < -0.3 is 15.7 Å². The fourth-order valence-electron chi connectivity index (χ4n) is 2.33. The molecule has 0 fully saturated rings. The molecular weight excluding hydrogens is 307 g/mol. The fraction of sp³-hybridized carbons (Fsp3) is 0.316. The van der Waals surface area contributed by atoms with Gasteiger partial charge in [0.15, 0.2) is 0 Å². The van der Waals surface area contributed by atoms with Crippen LogP contribution in [-0.2, 0) is 17.8 Å². The van der Waals surface area contributed by atoms with Gasteiger partial charge in [-0.15, -0.1) is 0 Å². The molecule has 0 aliphatic heterocycles. The average molecular weight is 330 g/mol. The fourth-order valence-corrected chi connectivity index (χ4v) is 2.33. The average Bonchev–Trinajstić information content (AvgIpc) is 2.59. The number of carbonyl (C=O) groups is 1. The summed E-state index contributed by atoms with van der Waals surface area (Å²) in [5.41, 5.74) is 2.68. The van der Waals surface area contributed by atoms with Crippen LogP contribution in [0.2, 0.25) is 0 Å². The Kier molecular flexibility index (Phi) is 6.75. The van der Waals surface area contributed by atoms with Crippen LogP contribution in [0.4, 0.5) is 10.1 Å². The molecule has 5 heteroatoms. The van der Waals surface area contributed by atoms with Gasteiger partial charge in [0, 0.05) is 12.2 Å². The Morgan fingerprint density at radius 2 is 1.92 bits per heavy atom. The van der Waals surface area contributed by atoms with Crippen molar-refractivity contribution in [3.05, 3.63) is 65.5 Å². The summed E-state index contributed by atoms with van der Waals surface area (Å²) < 4.78 is 13.1. The predicted octanol–water partition coefficient (Wildman–Crippen LogP) is 2.87. The summed E-state index contributed by atoms with van der Waals surface area (Å²) in [6.45, 7) is 2.40. The molecule has 0 aromatic heterocycles. The van der Waals surface area contributed by atoms with Crippen LogP contribution in [0.3, 0.4) is 0 Å². The van der Waals surface area contributed by atoms with Crippen LogP contribution in [-0.4, -0.2) is 23.7 Å². The van der Waals surface area contributed by atoms with Gasteiger partial charge in [-0.05, 0) is 41.8 Å². The molecular formula is C19H23FN2O2. The number of anilines is 1. The van der Waals surface area contributed by atoms with Gasteiger partial charge in [0.1, 0.15) is 5.82 Å². The van der Waals surface area contributed by atoms with Gasteiger partial charge in [0.25, 0.3) is 0 Å². The third kappa shape index (κ3) is 5.66. The lowest BCUT2D eigenvalue weighted by Crippen LogP contribution is -2.37. The molecule has 0 aliphatic carbocycles. The van der Waals surface area contributed by atoms with Gasteiger partial charge in [-0.2, -0.15) is 0 Å². The highest BCUT2D eigenvalue weighted by Gasteiger charge is 2.09. The summed E-state index contributed by atoms with van der Waals surface area (Å²) in [4.78, 5) is 11.9. The van der Waals surface area contributed by atoms with Gasteiger partial charge in [-0.3, -0.25) is 4.79 Å². The molecule has 2 aromatic rings. The molecule has 24 heavy (non-hydrogen) atoms. The van der Waals surface area contributed by atoms with Crippen molar-refractivity contribution in [1.29, 1.82) is 0 Å². The van der Waals surface area contributed by atoms with Gasteiger partial charge in [-0.1, -0.05) is 31.2 Å². The normalized spacial score (nSPS) is 11.8. The zero-order valence-corrected chi connectivity index (χ0v) is 13.8. The first-order valence-corrected chi connectivity index (χ1v) is 8.08. The summed E-state index contributed by atoms with van der Waals surface area (Å²) in [5.74, 6) is -0.347. The molecule has 0 spiro atoms. The van der Waals surface area contributed by atoms with E-state index < -0.39 is 0 Å². The molecule has 0 heterocycles. The minimum atomic E-state index is -0.246. The molecule has 0 unspecified atom stereocenters. The largest absolute Gasteiger partial charge is 0.394 e. The maximum atomic E-state index is 13.1. The van der Waals surface area contributed by atoms with Crippen molar-refractivity contribution in [3.8, 4) is 0 Å². The van der Waals surface area contributed by atoms with Crippen LogP contribution in [0, 0.1) is 5.82 Å². The Bertz CT molecular complexity index is 655. The van der Waals surface area contributed by atoms with Crippen molar-refractivity contribution in [3.63, 3.8) is 0 Å². The molecule has 0 saturated heterocycles. The number of halogens is 1. The lowest BCUT2D eigenvalue weighted by atomic mass is 10.1. The molecule has 128 valence electrons. The molecule has 2 rings (SSSR count). The molecule has 2 aromatic carbocycles. The van der Waals surface area contributed by atoms with Crippen molar-refractivity contribution in [2.24, 2.45) is 0 Å². The van der Waals surface area contributed by atoms with E-state index in [-0.39, 0.29) is 30.8 Å². The van der Waals surface area contributed by atoms with Crippen molar-refractivity contribution in [2.75, 3.05) is 11.9 Å². The summed E-state index contributed by atoms with van der Waals surface area (Å²) in [7, 11) is 0. The van der Waals surface area contributed by atoms with E-state index in [0.717, 1.165) is 16.8 Å². The first-order valence-electron chi connectivity index (χ1n) is 8.08. The topological polar surface area (TPSA) is 61.4 Å². The lowest BCUT2D eigenvalue weighted by molar-refractivity contribution is -0.121. The molecule has 4 nitrogen and oxygen atoms in total. The molecule has 3 N–H and O–H groups in total. The Morgan fingerprint density at radius 1 is 1.17 bits per heavy atom. The number of benzene rings is 2. The van der Waals surface area contributed by atoms with Gasteiger partial charge in [-0.25, -0.2) is 4.39 Å². The number of hydrogen-bond donors (Lipinski definition) is 3. The molecule has 1 atom stereocenters. The van der Waals surface area contributed by atoms with Crippen molar-refractivity contribution >= 4 is 11.6 Å². The number of hydrogen-bond acceptors (Lipinski definition) is 3. The second kappa shape index (κ2) is 9.03. The number of nitrogens with one attached hydrogen (secondary N) is 2. The van der Waals surface area contributed by atoms with Crippen molar-refractivity contribution < 1.29 is 14.3 Å². The van der Waals surface area contributed by atoms with E-state index >= 15 is 0 Å². The van der Waals surface area contributed by atoms with Gasteiger partial charge in [0.2, 0.25) is 5.91 Å². The van der Waals surface area contributed by atoms with E-state index in [1.54, 1.807) is 6.07 Å². The van der Waals surface area contributed by atoms with Crippen LogP contribution in [0.15, 0.2) is 48.5 Å². The minimum Gasteiger partial charge on any atom is -0.394 e. The number of amides is 1. The van der Waals surface area contributed by atoms with Crippen LogP contribution in [0.5, 0.6) is 0 Å². The number of aliphatic hydroxyl groups excluding tert-OH is 1. The van der Waals surface area contributed by atoms with Crippen LogP contribution in [0.1, 0.15) is 24.5 Å². The smallest absolute Gasteiger partial charge is 0.224 e. The number of rotatable bonds is 8. The first kappa shape index (κ1) is 17.9. The second-order valence-electron chi connectivity index (χ2n) is 5.71. The molecule has 1 amide bonds. The van der Waals surface area contributed by atoms with Crippen molar-refractivity contribution in [1.82, 2.24) is 5.32 Å². The summed E-state index contributed by atoms with van der Waals surface area (Å²) in [6.07, 6.45) is 0.978. The molecule has 0 bridgehead atoms. The highest BCUT2D eigenvalue weighted by Crippen LogP contribution is 2.12. The van der Waals surface area contributed by atoms with Crippen LogP contribution in [0.25, 0.3) is 0 Å². The zero-order chi connectivity index (χ0) is 17.4. The third-order valence-electron chi connectivity index (χ3n) is 3.78. The van der Waals surface area contributed by atoms with E-state index in [9.17, 15) is 9.18 Å². The summed E-state index contributed by atoms with van der Waals surface area (Å²) in [5, 5.41) is 15.1. The monoisotopic (exact) mass is 330 g/mol. The third-order valence-corrected chi connectivity index (χ3v) is 3.78. The first-order chi connectivity index (χ1) is 11.6. The molecule has 0 saturated carbocycles. The standard InChI is InChI=1S/C19H23FN2O2/c1-2-17(13-23)22-19(24)11-14-6-8-18(9-7-14)21-12-15-4-3-5-16(20)10-15/h3-10,17,21,23H,2,11-13H2,1H3,(H,22,24)/t17-/m0/s1. The summed E-state index contributed by atoms with van der Waals surface area (Å²) in [6, 6.07) is 13.8. The van der Waals surface area contributed by atoms with Crippen molar-refractivity contribution in [2.45, 2.75) is 32.4 Å². The Labute approximate surface area is 141 Å². The van der Waals surface area contributed by atoms with Crippen LogP contribution >= 0.6 is 0 Å². The van der Waals surface area contributed by atoms with E-state index in [0.29, 0.717) is 13.0 Å². The highest BCUT2D eigenvalue weighted by molar-refractivity contribution is 5.79. The minimum absolute atomic E-state index is 0.0504. The molecule has 0 aliphatic rings. The van der Waals surface area contributed by atoms with E-state index in [2.05, 4.69) is 10.6 Å². The van der Waals surface area contributed by atoms with E-state index in [1.807, 2.05) is 37.3 Å². The number of aliphatic hydroxyl groups is 1. The van der Waals surface area contributed by atoms with E-state index in [4.69, 9.17) is 5.11 Å². The maximum absolute atomic E-state index is 13.1. The molecule has 0 radical (unpaired) electrons. The summed E-state index contributed by atoms with van der Waals surface area (Å²) >= 11 is 0. The SMILES string of the molecule is CC[C@@H](CO)NC(=O)Cc1ccc(NCc2cccc(F)c2)cc1. The second-order valence-corrected chi connectivity index (χ2v) is 5.71. The van der Waals surface area contributed by atoms with E-state index in [1.165, 1.54) is 12.1 Å². The Morgan fingerprint density at radius 3 is 2.54 bits per heavy atom. The zero-order valence-electron chi connectivity index (χ0n) is 13.8. The predicted molar refractivity (Wildman–Crippen MR) is 93.2 cm³/mol. The Balaban J connectivity index is 1.85. The Hall–Kier alpha value is -2.40. The van der Waals surface area contributed by atoms with Crippen LogP contribution < -0.4 is 10.6 Å². The van der Waals surface area contributed by atoms with Gasteiger partial charge >= 0.3 is 0 Å². The lowest BCUT2D eigenvalue weighted by Gasteiger charge is -2.14. The van der Waals surface area contributed by atoms with Gasteiger partial charge in [0.05, 0.1) is 19.1 Å². The number of carbonyl (C=O) groups excluding carboxylic acids is 1. The quantitative estimate of drug-likeness (QED) is 0.697. The maximum Gasteiger partial charge on any atom is 0.224 e.